The number of ether oxygens (including phenoxy) is 2. The Hall–Kier alpha value is -3.12. The molecule has 6 nitrogen and oxygen atoms in total. The molecular weight excluding hydrogens is 426 g/mol. The second-order valence-electron chi connectivity index (χ2n) is 8.07. The molecular formula is C25H28ClN3O3. The fourth-order valence-corrected chi connectivity index (χ4v) is 3.69. The van der Waals surface area contributed by atoms with Crippen molar-refractivity contribution < 1.29 is 14.3 Å². The standard InChI is InChI=1S/C25H28ClN3O3/c1-16-13-20(26)10-9-17(16)11-12-27-22-15-21(28-24(29-22)32-5)18-7-6-8-19(14-18)25(2,3)23(30)31-4/h6-10,13-15H,11-12H2,1-5H3,(H,27,28,29). The number of rotatable bonds is 8. The third-order valence-corrected chi connectivity index (χ3v) is 5.70. The molecule has 0 unspecified atom stereocenters. The van der Waals surface area contributed by atoms with Crippen molar-refractivity contribution in [3.63, 3.8) is 0 Å². The van der Waals surface area contributed by atoms with Gasteiger partial charge in [-0.1, -0.05) is 35.9 Å². The van der Waals surface area contributed by atoms with E-state index < -0.39 is 5.41 Å². The van der Waals surface area contributed by atoms with Crippen LogP contribution in [0, 0.1) is 6.92 Å². The predicted molar refractivity (Wildman–Crippen MR) is 127 cm³/mol. The Morgan fingerprint density at radius 3 is 2.56 bits per heavy atom. The Balaban J connectivity index is 1.83. The zero-order valence-corrected chi connectivity index (χ0v) is 19.8. The third kappa shape index (κ3) is 5.37. The molecule has 0 aliphatic heterocycles. The highest BCUT2D eigenvalue weighted by molar-refractivity contribution is 6.30. The molecule has 0 spiro atoms. The maximum absolute atomic E-state index is 12.2. The number of benzene rings is 2. The number of nitrogens with one attached hydrogen (secondary N) is 1. The molecule has 32 heavy (non-hydrogen) atoms. The molecule has 0 saturated carbocycles. The lowest BCUT2D eigenvalue weighted by Gasteiger charge is -2.22. The van der Waals surface area contributed by atoms with E-state index in [9.17, 15) is 4.79 Å². The summed E-state index contributed by atoms with van der Waals surface area (Å²) in [5.41, 5.74) is 4.00. The first-order valence-electron chi connectivity index (χ1n) is 10.4. The first-order chi connectivity index (χ1) is 15.2. The SMILES string of the molecule is COC(=O)C(C)(C)c1cccc(-c2cc(NCCc3ccc(Cl)cc3C)nc(OC)n2)c1. The molecule has 168 valence electrons. The summed E-state index contributed by atoms with van der Waals surface area (Å²) in [6.45, 7) is 6.42. The largest absolute Gasteiger partial charge is 0.468 e. The molecule has 0 saturated heterocycles. The van der Waals surface area contributed by atoms with Crippen LogP contribution in [0.2, 0.25) is 5.02 Å². The second kappa shape index (κ2) is 10.0. The van der Waals surface area contributed by atoms with Crippen molar-refractivity contribution in [3.8, 4) is 17.3 Å². The van der Waals surface area contributed by atoms with Crippen molar-refractivity contribution in [2.75, 3.05) is 26.1 Å². The number of aromatic nitrogens is 2. The van der Waals surface area contributed by atoms with Crippen LogP contribution in [0.1, 0.15) is 30.5 Å². The lowest BCUT2D eigenvalue weighted by molar-refractivity contribution is -0.146. The summed E-state index contributed by atoms with van der Waals surface area (Å²) < 4.78 is 10.3. The number of methoxy groups -OCH3 is 2. The summed E-state index contributed by atoms with van der Waals surface area (Å²) in [4.78, 5) is 21.1. The molecule has 0 atom stereocenters. The number of carbonyl (C=O) groups is 1. The van der Waals surface area contributed by atoms with Crippen molar-refractivity contribution in [2.45, 2.75) is 32.6 Å². The summed E-state index contributed by atoms with van der Waals surface area (Å²) in [7, 11) is 2.93. The number of aryl methyl sites for hydroxylation is 1. The fourth-order valence-electron chi connectivity index (χ4n) is 3.46. The van der Waals surface area contributed by atoms with Crippen molar-refractivity contribution in [2.24, 2.45) is 0 Å². The topological polar surface area (TPSA) is 73.3 Å². The lowest BCUT2D eigenvalue weighted by Crippen LogP contribution is -2.30. The highest BCUT2D eigenvalue weighted by Crippen LogP contribution is 2.30. The van der Waals surface area contributed by atoms with Crippen LogP contribution in [0.4, 0.5) is 5.82 Å². The first kappa shape index (κ1) is 23.5. The van der Waals surface area contributed by atoms with E-state index >= 15 is 0 Å². The molecule has 2 aromatic carbocycles. The lowest BCUT2D eigenvalue weighted by atomic mass is 9.84. The van der Waals surface area contributed by atoms with E-state index in [1.807, 2.05) is 62.4 Å². The highest BCUT2D eigenvalue weighted by Gasteiger charge is 2.31. The second-order valence-corrected chi connectivity index (χ2v) is 8.51. The van der Waals surface area contributed by atoms with Crippen LogP contribution >= 0.6 is 11.6 Å². The monoisotopic (exact) mass is 453 g/mol. The van der Waals surface area contributed by atoms with Crippen LogP contribution in [0.15, 0.2) is 48.5 Å². The molecule has 1 N–H and O–H groups in total. The van der Waals surface area contributed by atoms with Gasteiger partial charge in [-0.2, -0.15) is 9.97 Å². The van der Waals surface area contributed by atoms with Gasteiger partial charge in [-0.25, -0.2) is 0 Å². The van der Waals surface area contributed by atoms with Gasteiger partial charge >= 0.3 is 12.0 Å². The van der Waals surface area contributed by atoms with Crippen LogP contribution < -0.4 is 10.1 Å². The van der Waals surface area contributed by atoms with Crippen molar-refractivity contribution >= 4 is 23.4 Å². The van der Waals surface area contributed by atoms with Gasteiger partial charge in [0, 0.05) is 23.2 Å². The Labute approximate surface area is 194 Å². The number of hydrogen-bond donors (Lipinski definition) is 1. The normalized spacial score (nSPS) is 11.2. The Morgan fingerprint density at radius 1 is 1.09 bits per heavy atom. The molecule has 0 aliphatic rings. The van der Waals surface area contributed by atoms with Crippen LogP contribution in [-0.4, -0.2) is 36.7 Å². The molecule has 3 aromatic rings. The summed E-state index contributed by atoms with van der Waals surface area (Å²) in [5, 5.41) is 4.09. The smallest absolute Gasteiger partial charge is 0.318 e. The van der Waals surface area contributed by atoms with Gasteiger partial charge in [0.05, 0.1) is 25.3 Å². The first-order valence-corrected chi connectivity index (χ1v) is 10.7. The molecule has 0 amide bonds. The van der Waals surface area contributed by atoms with Gasteiger partial charge in [-0.15, -0.1) is 0 Å². The molecule has 3 rings (SSSR count). The van der Waals surface area contributed by atoms with Gasteiger partial charge in [0.25, 0.3) is 0 Å². The number of carbonyl (C=O) groups excluding carboxylic acids is 1. The zero-order valence-electron chi connectivity index (χ0n) is 19.0. The third-order valence-electron chi connectivity index (χ3n) is 5.47. The van der Waals surface area contributed by atoms with E-state index in [1.54, 1.807) is 0 Å². The summed E-state index contributed by atoms with van der Waals surface area (Å²) in [5.74, 6) is 0.367. The number of esters is 1. The summed E-state index contributed by atoms with van der Waals surface area (Å²) in [6.07, 6.45) is 0.827. The van der Waals surface area contributed by atoms with Crippen molar-refractivity contribution in [1.82, 2.24) is 9.97 Å². The van der Waals surface area contributed by atoms with Crippen molar-refractivity contribution in [1.29, 1.82) is 0 Å². The van der Waals surface area contributed by atoms with Gasteiger partial charge in [0.1, 0.15) is 5.82 Å². The number of hydrogen-bond acceptors (Lipinski definition) is 6. The molecule has 0 aliphatic carbocycles. The van der Waals surface area contributed by atoms with Gasteiger partial charge in [-0.3, -0.25) is 4.79 Å². The van der Waals surface area contributed by atoms with Gasteiger partial charge in [0.2, 0.25) is 0 Å². The minimum atomic E-state index is -0.778. The average molecular weight is 454 g/mol. The molecule has 0 radical (unpaired) electrons. The van der Waals surface area contributed by atoms with Gasteiger partial charge in [-0.05, 0) is 62.1 Å². The fraction of sp³-hybridized carbons (Fsp3) is 0.320. The number of nitrogens with zero attached hydrogens (tertiary/aromatic N) is 2. The highest BCUT2D eigenvalue weighted by atomic mass is 35.5. The minimum absolute atomic E-state index is 0.269. The Morgan fingerprint density at radius 2 is 1.88 bits per heavy atom. The van der Waals surface area contributed by atoms with Crippen LogP contribution in [0.3, 0.4) is 0 Å². The Kier molecular flexibility index (Phi) is 7.36. The summed E-state index contributed by atoms with van der Waals surface area (Å²) >= 11 is 6.05. The molecule has 0 bridgehead atoms. The predicted octanol–water partition coefficient (Wildman–Crippen LogP) is 5.22. The van der Waals surface area contributed by atoms with Crippen LogP contribution in [0.5, 0.6) is 6.01 Å². The Bertz CT molecular complexity index is 1120. The number of anilines is 1. The van der Waals surface area contributed by atoms with E-state index in [0.717, 1.165) is 28.1 Å². The molecule has 7 heteroatoms. The van der Waals surface area contributed by atoms with Crippen molar-refractivity contribution in [3.05, 3.63) is 70.2 Å². The maximum Gasteiger partial charge on any atom is 0.318 e. The van der Waals surface area contributed by atoms with Crippen LogP contribution in [0.25, 0.3) is 11.3 Å². The van der Waals surface area contributed by atoms with Gasteiger partial charge < -0.3 is 14.8 Å². The number of halogens is 1. The quantitative estimate of drug-likeness (QED) is 0.471. The maximum atomic E-state index is 12.2. The van der Waals surface area contributed by atoms with Gasteiger partial charge in [0.15, 0.2) is 0 Å². The van der Waals surface area contributed by atoms with E-state index in [1.165, 1.54) is 19.8 Å². The summed E-state index contributed by atoms with van der Waals surface area (Å²) in [6, 6.07) is 15.8. The van der Waals surface area contributed by atoms with E-state index in [2.05, 4.69) is 22.2 Å². The average Bonchev–Trinajstić information content (AvgIpc) is 2.79. The van der Waals surface area contributed by atoms with E-state index in [4.69, 9.17) is 21.1 Å². The molecule has 1 aromatic heterocycles. The molecule has 1 heterocycles. The van der Waals surface area contributed by atoms with Crippen LogP contribution in [-0.2, 0) is 21.4 Å². The van der Waals surface area contributed by atoms with E-state index in [0.29, 0.717) is 18.1 Å². The molecule has 0 fully saturated rings. The zero-order chi connectivity index (χ0) is 23.3. The van der Waals surface area contributed by atoms with E-state index in [-0.39, 0.29) is 12.0 Å². The minimum Gasteiger partial charge on any atom is -0.468 e.